The standard InChI is InChI=1S/C23H22O4/c1-15-6-4-10-19(12-15)26-22(24)18-9-5-8-16(13-18)20-14-17-7-2-3-11-21(17)27-23(20)25/h2-3,5,7-9,11,13-15,19H,4,6,10,12H2,1H3. The van der Waals surface area contributed by atoms with Gasteiger partial charge in [-0.2, -0.15) is 0 Å². The Morgan fingerprint density at radius 3 is 2.78 bits per heavy atom. The minimum atomic E-state index is -0.416. The summed E-state index contributed by atoms with van der Waals surface area (Å²) in [5.74, 6) is 0.256. The van der Waals surface area contributed by atoms with E-state index >= 15 is 0 Å². The maximum Gasteiger partial charge on any atom is 0.344 e. The van der Waals surface area contributed by atoms with Crippen LogP contribution in [0.15, 0.2) is 63.8 Å². The van der Waals surface area contributed by atoms with E-state index in [0.717, 1.165) is 24.6 Å². The summed E-state index contributed by atoms with van der Waals surface area (Å²) in [5, 5.41) is 0.844. The van der Waals surface area contributed by atoms with Crippen LogP contribution in [-0.4, -0.2) is 12.1 Å². The van der Waals surface area contributed by atoms with Crippen LogP contribution in [0.3, 0.4) is 0 Å². The van der Waals surface area contributed by atoms with E-state index in [9.17, 15) is 9.59 Å². The van der Waals surface area contributed by atoms with Crippen molar-refractivity contribution in [2.75, 3.05) is 0 Å². The number of carbonyl (C=O) groups is 1. The van der Waals surface area contributed by atoms with Crippen LogP contribution >= 0.6 is 0 Å². The van der Waals surface area contributed by atoms with Crippen LogP contribution in [0.1, 0.15) is 43.0 Å². The largest absolute Gasteiger partial charge is 0.459 e. The van der Waals surface area contributed by atoms with E-state index in [4.69, 9.17) is 9.15 Å². The van der Waals surface area contributed by atoms with Gasteiger partial charge in [0.1, 0.15) is 11.7 Å². The van der Waals surface area contributed by atoms with Gasteiger partial charge < -0.3 is 9.15 Å². The third-order valence-corrected chi connectivity index (χ3v) is 5.21. The first kappa shape index (κ1) is 17.5. The van der Waals surface area contributed by atoms with Gasteiger partial charge in [0.05, 0.1) is 11.1 Å². The molecule has 0 bridgehead atoms. The zero-order valence-corrected chi connectivity index (χ0v) is 15.3. The highest BCUT2D eigenvalue weighted by Crippen LogP contribution is 2.27. The third kappa shape index (κ3) is 3.80. The molecule has 0 N–H and O–H groups in total. The van der Waals surface area contributed by atoms with Crippen LogP contribution in [0.4, 0.5) is 0 Å². The van der Waals surface area contributed by atoms with Crippen molar-refractivity contribution in [2.45, 2.75) is 38.7 Å². The molecule has 0 aliphatic heterocycles. The van der Waals surface area contributed by atoms with Crippen molar-refractivity contribution >= 4 is 16.9 Å². The number of fused-ring (bicyclic) bond motifs is 1. The van der Waals surface area contributed by atoms with Gasteiger partial charge in [0, 0.05) is 5.39 Å². The predicted molar refractivity (Wildman–Crippen MR) is 105 cm³/mol. The van der Waals surface area contributed by atoms with Gasteiger partial charge in [-0.05, 0) is 55.0 Å². The first-order chi connectivity index (χ1) is 13.1. The molecule has 3 aromatic rings. The Morgan fingerprint density at radius 1 is 1.07 bits per heavy atom. The summed E-state index contributed by atoms with van der Waals surface area (Å²) >= 11 is 0. The second kappa shape index (κ2) is 7.39. The highest BCUT2D eigenvalue weighted by molar-refractivity contribution is 5.91. The fraction of sp³-hybridized carbons (Fsp3) is 0.304. The molecule has 4 heteroatoms. The molecular weight excluding hydrogens is 340 g/mol. The molecule has 2 atom stereocenters. The number of hydrogen-bond acceptors (Lipinski definition) is 4. The van der Waals surface area contributed by atoms with Crippen LogP contribution in [0.5, 0.6) is 0 Å². The van der Waals surface area contributed by atoms with E-state index in [1.807, 2.05) is 18.2 Å². The lowest BCUT2D eigenvalue weighted by Crippen LogP contribution is -2.24. The van der Waals surface area contributed by atoms with Gasteiger partial charge in [0.15, 0.2) is 0 Å². The number of benzene rings is 2. The molecule has 138 valence electrons. The number of hydrogen-bond donors (Lipinski definition) is 0. The zero-order chi connectivity index (χ0) is 18.8. The summed E-state index contributed by atoms with van der Waals surface area (Å²) in [6.45, 7) is 2.19. The summed E-state index contributed by atoms with van der Waals surface area (Å²) in [6.07, 6.45) is 4.11. The number of rotatable bonds is 3. The van der Waals surface area contributed by atoms with Gasteiger partial charge in [-0.15, -0.1) is 0 Å². The maximum atomic E-state index is 12.6. The van der Waals surface area contributed by atoms with Crippen LogP contribution in [-0.2, 0) is 4.74 Å². The Kier molecular flexibility index (Phi) is 4.80. The molecule has 2 aromatic carbocycles. The first-order valence-electron chi connectivity index (χ1n) is 9.44. The van der Waals surface area contributed by atoms with E-state index < -0.39 is 5.63 Å². The Balaban J connectivity index is 1.62. The summed E-state index contributed by atoms with van der Waals surface area (Å²) < 4.78 is 11.1. The van der Waals surface area contributed by atoms with E-state index in [2.05, 4.69) is 6.92 Å². The van der Waals surface area contributed by atoms with Crippen molar-refractivity contribution < 1.29 is 13.9 Å². The predicted octanol–water partition coefficient (Wildman–Crippen LogP) is 5.20. The third-order valence-electron chi connectivity index (χ3n) is 5.21. The second-order valence-corrected chi connectivity index (χ2v) is 7.37. The second-order valence-electron chi connectivity index (χ2n) is 7.37. The number of ether oxygens (including phenoxy) is 1. The summed E-state index contributed by atoms with van der Waals surface area (Å²) in [5.41, 5.74) is 1.68. The molecule has 1 heterocycles. The van der Waals surface area contributed by atoms with Crippen molar-refractivity contribution in [1.29, 1.82) is 0 Å². The van der Waals surface area contributed by atoms with Crippen LogP contribution in [0.25, 0.3) is 22.1 Å². The SMILES string of the molecule is CC1CCCC(OC(=O)c2cccc(-c3cc4ccccc4oc3=O)c2)C1. The van der Waals surface area contributed by atoms with E-state index in [0.29, 0.717) is 28.2 Å². The molecule has 1 aliphatic carbocycles. The highest BCUT2D eigenvalue weighted by Gasteiger charge is 2.23. The lowest BCUT2D eigenvalue weighted by molar-refractivity contribution is 0.0155. The van der Waals surface area contributed by atoms with Crippen LogP contribution in [0, 0.1) is 5.92 Å². The minimum absolute atomic E-state index is 0.0179. The molecule has 1 aromatic heterocycles. The lowest BCUT2D eigenvalue weighted by atomic mass is 9.89. The molecule has 2 unspecified atom stereocenters. The fourth-order valence-corrected chi connectivity index (χ4v) is 3.78. The Bertz CT molecular complexity index is 1030. The number of carbonyl (C=O) groups excluding carboxylic acids is 1. The average molecular weight is 362 g/mol. The van der Waals surface area contributed by atoms with Crippen molar-refractivity contribution in [3.8, 4) is 11.1 Å². The van der Waals surface area contributed by atoms with Crippen LogP contribution in [0.2, 0.25) is 0 Å². The molecule has 1 fully saturated rings. The van der Waals surface area contributed by atoms with Crippen LogP contribution < -0.4 is 5.63 Å². The smallest absolute Gasteiger partial charge is 0.344 e. The molecule has 1 saturated carbocycles. The van der Waals surface area contributed by atoms with Crippen molar-refractivity contribution in [3.63, 3.8) is 0 Å². The molecule has 0 saturated heterocycles. The molecule has 0 amide bonds. The van der Waals surface area contributed by atoms with Crippen molar-refractivity contribution in [1.82, 2.24) is 0 Å². The van der Waals surface area contributed by atoms with Gasteiger partial charge in [-0.1, -0.05) is 43.7 Å². The van der Waals surface area contributed by atoms with Gasteiger partial charge in [-0.25, -0.2) is 9.59 Å². The lowest BCUT2D eigenvalue weighted by Gasteiger charge is -2.26. The van der Waals surface area contributed by atoms with Crippen molar-refractivity contribution in [2.24, 2.45) is 5.92 Å². The van der Waals surface area contributed by atoms with Gasteiger partial charge in [-0.3, -0.25) is 0 Å². The topological polar surface area (TPSA) is 56.5 Å². The van der Waals surface area contributed by atoms with E-state index in [1.165, 1.54) is 6.42 Å². The molecular formula is C23H22O4. The quantitative estimate of drug-likeness (QED) is 0.475. The Hall–Kier alpha value is -2.88. The van der Waals surface area contributed by atoms with E-state index in [-0.39, 0.29) is 12.1 Å². The van der Waals surface area contributed by atoms with Gasteiger partial charge in [0.25, 0.3) is 0 Å². The monoisotopic (exact) mass is 362 g/mol. The maximum absolute atomic E-state index is 12.6. The van der Waals surface area contributed by atoms with Crippen molar-refractivity contribution in [3.05, 3.63) is 70.6 Å². The molecule has 1 aliphatic rings. The molecule has 4 rings (SSSR count). The fourth-order valence-electron chi connectivity index (χ4n) is 3.78. The summed E-state index contributed by atoms with van der Waals surface area (Å²) in [4.78, 5) is 25.0. The normalized spacial score (nSPS) is 19.7. The van der Waals surface area contributed by atoms with Gasteiger partial charge in [0.2, 0.25) is 0 Å². The molecule has 27 heavy (non-hydrogen) atoms. The molecule has 0 spiro atoms. The average Bonchev–Trinajstić information content (AvgIpc) is 2.67. The Labute approximate surface area is 157 Å². The number of esters is 1. The molecule has 0 radical (unpaired) electrons. The zero-order valence-electron chi connectivity index (χ0n) is 15.3. The minimum Gasteiger partial charge on any atom is -0.459 e. The van der Waals surface area contributed by atoms with Gasteiger partial charge >= 0.3 is 11.6 Å². The molecule has 4 nitrogen and oxygen atoms in total. The summed E-state index contributed by atoms with van der Waals surface area (Å²) in [7, 11) is 0. The number of para-hydroxylation sites is 1. The van der Waals surface area contributed by atoms with E-state index in [1.54, 1.807) is 36.4 Å². The highest BCUT2D eigenvalue weighted by atomic mass is 16.5. The summed E-state index contributed by atoms with van der Waals surface area (Å²) in [6, 6.07) is 16.2. The Morgan fingerprint density at radius 2 is 1.93 bits per heavy atom. The first-order valence-corrected chi connectivity index (χ1v) is 9.44.